The van der Waals surface area contributed by atoms with Crippen molar-refractivity contribution in [1.29, 1.82) is 0 Å². The first-order valence-corrected chi connectivity index (χ1v) is 5.96. The van der Waals surface area contributed by atoms with E-state index in [9.17, 15) is 18.0 Å². The molecular weight excluding hydrogens is 249 g/mol. The number of nitrogens with one attached hydrogen (secondary N) is 2. The number of rotatable bonds is 4. The van der Waals surface area contributed by atoms with Crippen LogP contribution < -0.4 is 10.6 Å². The molecule has 0 radical (unpaired) electrons. The van der Waals surface area contributed by atoms with Gasteiger partial charge in [0.1, 0.15) is 5.54 Å². The molecule has 1 saturated heterocycles. The summed E-state index contributed by atoms with van der Waals surface area (Å²) in [4.78, 5) is 11.9. The maximum absolute atomic E-state index is 12.3. The number of hydrogen-bond acceptors (Lipinski definition) is 4. The first kappa shape index (κ1) is 15.2. The Hall–Kier alpha value is -0.820. The first-order chi connectivity index (χ1) is 8.35. The minimum atomic E-state index is -4.34. The van der Waals surface area contributed by atoms with Crippen molar-refractivity contribution < 1.29 is 22.7 Å². The minimum absolute atomic E-state index is 0.207. The molecule has 4 nitrogen and oxygen atoms in total. The fraction of sp³-hybridized carbons (Fsp3) is 0.909. The van der Waals surface area contributed by atoms with Gasteiger partial charge in [-0.25, -0.2) is 0 Å². The molecule has 0 aromatic rings. The van der Waals surface area contributed by atoms with Gasteiger partial charge in [0.2, 0.25) is 0 Å². The topological polar surface area (TPSA) is 50.4 Å². The third-order valence-electron chi connectivity index (χ3n) is 3.43. The summed E-state index contributed by atoms with van der Waals surface area (Å²) in [5.74, 6) is -0.818. The molecule has 0 aliphatic carbocycles. The molecule has 0 spiro atoms. The lowest BCUT2D eigenvalue weighted by atomic mass is 9.76. The summed E-state index contributed by atoms with van der Waals surface area (Å²) in [7, 11) is 1.20. The quantitative estimate of drug-likeness (QED) is 0.749. The number of methoxy groups -OCH3 is 1. The smallest absolute Gasteiger partial charge is 0.401 e. The molecule has 7 heteroatoms. The van der Waals surface area contributed by atoms with E-state index < -0.39 is 24.2 Å². The fourth-order valence-electron chi connectivity index (χ4n) is 2.45. The molecule has 1 aliphatic heterocycles. The van der Waals surface area contributed by atoms with Crippen LogP contribution in [-0.2, 0) is 9.53 Å². The Bertz CT molecular complexity index is 297. The number of carbonyl (C=O) groups is 1. The summed E-state index contributed by atoms with van der Waals surface area (Å²) < 4.78 is 41.7. The average Bonchev–Trinajstić information content (AvgIpc) is 2.34. The van der Waals surface area contributed by atoms with E-state index in [2.05, 4.69) is 10.6 Å². The summed E-state index contributed by atoms with van der Waals surface area (Å²) >= 11 is 0. The highest BCUT2D eigenvalue weighted by molar-refractivity contribution is 5.81. The Morgan fingerprint density at radius 3 is 2.72 bits per heavy atom. The zero-order valence-electron chi connectivity index (χ0n) is 10.6. The Balaban J connectivity index is 2.89. The van der Waals surface area contributed by atoms with Gasteiger partial charge in [-0.2, -0.15) is 13.2 Å². The average molecular weight is 268 g/mol. The number of esters is 1. The third-order valence-corrected chi connectivity index (χ3v) is 3.43. The van der Waals surface area contributed by atoms with Crippen molar-refractivity contribution in [2.75, 3.05) is 26.7 Å². The van der Waals surface area contributed by atoms with E-state index in [-0.39, 0.29) is 5.92 Å². The molecule has 1 fully saturated rings. The Morgan fingerprint density at radius 1 is 1.56 bits per heavy atom. The van der Waals surface area contributed by atoms with Crippen molar-refractivity contribution in [3.05, 3.63) is 0 Å². The van der Waals surface area contributed by atoms with Crippen LogP contribution in [0.5, 0.6) is 0 Å². The van der Waals surface area contributed by atoms with Crippen molar-refractivity contribution >= 4 is 5.97 Å². The summed E-state index contributed by atoms with van der Waals surface area (Å²) in [5.41, 5.74) is -1.23. The lowest BCUT2D eigenvalue weighted by molar-refractivity contribution is -0.158. The molecule has 0 bridgehead atoms. The van der Waals surface area contributed by atoms with E-state index in [1.807, 2.05) is 6.92 Å². The van der Waals surface area contributed by atoms with Crippen LogP contribution in [0.15, 0.2) is 0 Å². The number of carbonyl (C=O) groups excluding carboxylic acids is 1. The second kappa shape index (κ2) is 5.88. The van der Waals surface area contributed by atoms with Crippen molar-refractivity contribution in [1.82, 2.24) is 10.6 Å². The first-order valence-electron chi connectivity index (χ1n) is 5.96. The molecule has 1 aliphatic rings. The standard InChI is InChI=1S/C11H19F3N2O2/c1-3-8-6-15-5-4-10(8,9(17)18-2)16-7-11(12,13)14/h8,15-16H,3-7H2,1-2H3. The van der Waals surface area contributed by atoms with Crippen molar-refractivity contribution in [2.45, 2.75) is 31.5 Å². The number of hydrogen-bond donors (Lipinski definition) is 2. The maximum atomic E-state index is 12.3. The van der Waals surface area contributed by atoms with Gasteiger partial charge < -0.3 is 10.1 Å². The van der Waals surface area contributed by atoms with E-state index in [0.29, 0.717) is 25.9 Å². The molecule has 0 amide bonds. The fourth-order valence-corrected chi connectivity index (χ4v) is 2.45. The monoisotopic (exact) mass is 268 g/mol. The van der Waals surface area contributed by atoms with E-state index >= 15 is 0 Å². The largest absolute Gasteiger partial charge is 0.468 e. The summed E-state index contributed by atoms with van der Waals surface area (Å²) in [6.45, 7) is 1.68. The van der Waals surface area contributed by atoms with Gasteiger partial charge in [0.05, 0.1) is 13.7 Å². The van der Waals surface area contributed by atoms with Gasteiger partial charge in [-0.3, -0.25) is 10.1 Å². The second-order valence-corrected chi connectivity index (χ2v) is 4.49. The Morgan fingerprint density at radius 2 is 2.22 bits per heavy atom. The molecule has 2 atom stereocenters. The van der Waals surface area contributed by atoms with Crippen LogP contribution in [0.1, 0.15) is 19.8 Å². The predicted molar refractivity (Wildman–Crippen MR) is 60.1 cm³/mol. The molecule has 1 heterocycles. The van der Waals surface area contributed by atoms with Crippen LogP contribution in [0.25, 0.3) is 0 Å². The Labute approximate surface area is 104 Å². The van der Waals surface area contributed by atoms with Crippen LogP contribution in [0.4, 0.5) is 13.2 Å². The van der Waals surface area contributed by atoms with Gasteiger partial charge in [-0.05, 0) is 19.4 Å². The van der Waals surface area contributed by atoms with Crippen molar-refractivity contribution in [3.63, 3.8) is 0 Å². The van der Waals surface area contributed by atoms with E-state index in [4.69, 9.17) is 4.74 Å². The molecule has 2 N–H and O–H groups in total. The van der Waals surface area contributed by atoms with Crippen LogP contribution >= 0.6 is 0 Å². The van der Waals surface area contributed by atoms with Gasteiger partial charge in [0.25, 0.3) is 0 Å². The van der Waals surface area contributed by atoms with Crippen molar-refractivity contribution in [2.24, 2.45) is 5.92 Å². The molecule has 18 heavy (non-hydrogen) atoms. The molecule has 1 rings (SSSR count). The highest BCUT2D eigenvalue weighted by Gasteiger charge is 2.48. The molecular formula is C11H19F3N2O2. The van der Waals surface area contributed by atoms with Crippen LogP contribution in [-0.4, -0.2) is 44.4 Å². The van der Waals surface area contributed by atoms with Gasteiger partial charge in [-0.1, -0.05) is 6.92 Å². The van der Waals surface area contributed by atoms with E-state index in [0.717, 1.165) is 0 Å². The summed E-state index contributed by atoms with van der Waals surface area (Å²) in [5, 5.41) is 5.47. The number of ether oxygens (including phenoxy) is 1. The zero-order chi connectivity index (χ0) is 13.8. The third kappa shape index (κ3) is 3.35. The number of halogens is 3. The lowest BCUT2D eigenvalue weighted by Gasteiger charge is -2.42. The maximum Gasteiger partial charge on any atom is 0.401 e. The summed E-state index contributed by atoms with van der Waals surface area (Å²) in [6.07, 6.45) is -3.44. The molecule has 0 saturated carbocycles. The number of alkyl halides is 3. The van der Waals surface area contributed by atoms with Gasteiger partial charge >= 0.3 is 12.1 Å². The molecule has 106 valence electrons. The zero-order valence-corrected chi connectivity index (χ0v) is 10.6. The van der Waals surface area contributed by atoms with Crippen LogP contribution in [0.3, 0.4) is 0 Å². The van der Waals surface area contributed by atoms with E-state index in [1.54, 1.807) is 0 Å². The van der Waals surface area contributed by atoms with Gasteiger partial charge in [0, 0.05) is 12.5 Å². The molecule has 0 aromatic heterocycles. The Kier molecular flexibility index (Phi) is 4.98. The second-order valence-electron chi connectivity index (χ2n) is 4.49. The van der Waals surface area contributed by atoms with Crippen LogP contribution in [0.2, 0.25) is 0 Å². The number of piperidine rings is 1. The summed E-state index contributed by atoms with van der Waals surface area (Å²) in [6, 6.07) is 0. The predicted octanol–water partition coefficient (Wildman–Crippen LogP) is 1.07. The van der Waals surface area contributed by atoms with Crippen molar-refractivity contribution in [3.8, 4) is 0 Å². The highest BCUT2D eigenvalue weighted by Crippen LogP contribution is 2.29. The van der Waals surface area contributed by atoms with Gasteiger partial charge in [-0.15, -0.1) is 0 Å². The lowest BCUT2D eigenvalue weighted by Crippen LogP contribution is -2.65. The minimum Gasteiger partial charge on any atom is -0.468 e. The normalized spacial score (nSPS) is 29.1. The molecule has 2 unspecified atom stereocenters. The SMILES string of the molecule is CCC1CNCCC1(NCC(F)(F)F)C(=O)OC. The van der Waals surface area contributed by atoms with E-state index in [1.165, 1.54) is 7.11 Å². The molecule has 0 aromatic carbocycles. The van der Waals surface area contributed by atoms with Gasteiger partial charge in [0.15, 0.2) is 0 Å². The van der Waals surface area contributed by atoms with Crippen LogP contribution in [0, 0.1) is 5.92 Å². The highest BCUT2D eigenvalue weighted by atomic mass is 19.4.